The summed E-state index contributed by atoms with van der Waals surface area (Å²) in [6, 6.07) is -0.138. The average molecular weight is 294 g/mol. The van der Waals surface area contributed by atoms with Gasteiger partial charge in [0, 0.05) is 24.9 Å². The van der Waals surface area contributed by atoms with Gasteiger partial charge in [0.2, 0.25) is 0 Å². The zero-order valence-electron chi connectivity index (χ0n) is 12.8. The number of hydrogen-bond donors (Lipinski definition) is 1. The molecule has 0 amide bonds. The van der Waals surface area contributed by atoms with Crippen molar-refractivity contribution in [3.8, 4) is 0 Å². The maximum absolute atomic E-state index is 11.7. The monoisotopic (exact) mass is 294 g/mol. The van der Waals surface area contributed by atoms with E-state index in [0.29, 0.717) is 19.8 Å². The van der Waals surface area contributed by atoms with E-state index in [2.05, 4.69) is 40.9 Å². The average Bonchev–Trinajstić information content (AvgIpc) is 3.06. The number of carbonyl (C=O) groups is 1. The van der Waals surface area contributed by atoms with Crippen molar-refractivity contribution in [2.24, 2.45) is 0 Å². The number of ether oxygens (including phenoxy) is 2. The first kappa shape index (κ1) is 14.5. The van der Waals surface area contributed by atoms with E-state index >= 15 is 0 Å². The molecule has 0 unspecified atom stereocenters. The Kier molecular flexibility index (Phi) is 3.71. The van der Waals surface area contributed by atoms with E-state index in [1.54, 1.807) is 0 Å². The number of nitrogens with zero attached hydrogens (tertiary/aromatic N) is 3. The van der Waals surface area contributed by atoms with Crippen LogP contribution in [-0.4, -0.2) is 58.4 Å². The van der Waals surface area contributed by atoms with Crippen LogP contribution in [0.1, 0.15) is 44.9 Å². The summed E-state index contributed by atoms with van der Waals surface area (Å²) in [5.41, 5.74) is -0.0988. The van der Waals surface area contributed by atoms with Crippen LogP contribution in [-0.2, 0) is 19.7 Å². The van der Waals surface area contributed by atoms with Gasteiger partial charge in [-0.2, -0.15) is 5.10 Å². The van der Waals surface area contributed by atoms with Crippen molar-refractivity contribution in [1.82, 2.24) is 20.1 Å². The fraction of sp³-hybridized carbons (Fsp3) is 0.786. The van der Waals surface area contributed by atoms with Crippen molar-refractivity contribution in [2.45, 2.75) is 44.8 Å². The van der Waals surface area contributed by atoms with Crippen LogP contribution in [0.2, 0.25) is 0 Å². The minimum Gasteiger partial charge on any atom is -0.464 e. The van der Waals surface area contributed by atoms with Crippen LogP contribution in [0.15, 0.2) is 0 Å². The number of cyclic esters (lactones) is 1. The van der Waals surface area contributed by atoms with Crippen LogP contribution >= 0.6 is 0 Å². The second kappa shape index (κ2) is 5.38. The topological polar surface area (TPSA) is 80.3 Å². The molecular weight excluding hydrogens is 272 g/mol. The summed E-state index contributed by atoms with van der Waals surface area (Å²) >= 11 is 0. The number of H-pyrrole nitrogens is 1. The molecule has 21 heavy (non-hydrogen) atoms. The van der Waals surface area contributed by atoms with Gasteiger partial charge in [0.05, 0.1) is 13.2 Å². The summed E-state index contributed by atoms with van der Waals surface area (Å²) in [4.78, 5) is 18.4. The molecule has 0 radical (unpaired) electrons. The maximum atomic E-state index is 11.7. The van der Waals surface area contributed by atoms with Crippen molar-refractivity contribution in [2.75, 3.05) is 26.3 Å². The minimum absolute atomic E-state index is 0.0988. The van der Waals surface area contributed by atoms with Gasteiger partial charge >= 0.3 is 5.97 Å². The zero-order valence-corrected chi connectivity index (χ0v) is 12.8. The van der Waals surface area contributed by atoms with E-state index in [-0.39, 0.29) is 23.5 Å². The fourth-order valence-corrected chi connectivity index (χ4v) is 2.69. The molecule has 2 saturated heterocycles. The van der Waals surface area contributed by atoms with Crippen LogP contribution in [0.5, 0.6) is 0 Å². The normalized spacial score (nSPS) is 27.9. The van der Waals surface area contributed by atoms with Crippen LogP contribution in [0.3, 0.4) is 0 Å². The molecule has 0 aliphatic carbocycles. The summed E-state index contributed by atoms with van der Waals surface area (Å²) in [5, 5.41) is 7.25. The van der Waals surface area contributed by atoms with Crippen molar-refractivity contribution in [1.29, 1.82) is 0 Å². The summed E-state index contributed by atoms with van der Waals surface area (Å²) in [6.45, 7) is 8.70. The van der Waals surface area contributed by atoms with Crippen molar-refractivity contribution < 1.29 is 14.3 Å². The molecule has 1 aromatic rings. The second-order valence-electron chi connectivity index (χ2n) is 6.62. The summed E-state index contributed by atoms with van der Waals surface area (Å²) < 4.78 is 10.8. The number of rotatable bonds is 2. The first-order valence-corrected chi connectivity index (χ1v) is 7.40. The molecule has 0 aromatic carbocycles. The molecule has 3 rings (SSSR count). The number of hydrogen-bond acceptors (Lipinski definition) is 6. The molecule has 3 heterocycles. The third-order valence-corrected chi connectivity index (χ3v) is 3.92. The summed E-state index contributed by atoms with van der Waals surface area (Å²) in [7, 11) is 0. The molecule has 0 saturated carbocycles. The smallest absolute Gasteiger partial charge is 0.323 e. The van der Waals surface area contributed by atoms with E-state index in [1.165, 1.54) is 0 Å². The number of morpholine rings is 1. The Hall–Kier alpha value is -1.47. The Morgan fingerprint density at radius 1 is 1.33 bits per heavy atom. The molecule has 7 heteroatoms. The lowest BCUT2D eigenvalue weighted by Gasteiger charge is -2.34. The standard InChI is InChI=1S/C14H22N4O3/c1-14(2,3)13-15-11(16-17-13)10-8-18(5-7-20-10)9-4-6-21-12(9)19/h9-10H,4-8H2,1-3H3,(H,15,16,17)/t9-,10-/m1/s1. The van der Waals surface area contributed by atoms with Gasteiger partial charge in [-0.1, -0.05) is 20.8 Å². The van der Waals surface area contributed by atoms with Gasteiger partial charge in [-0.25, -0.2) is 4.98 Å². The van der Waals surface area contributed by atoms with Crippen LogP contribution in [0, 0.1) is 0 Å². The third kappa shape index (κ3) is 2.94. The largest absolute Gasteiger partial charge is 0.464 e. The van der Waals surface area contributed by atoms with Gasteiger partial charge in [-0.05, 0) is 0 Å². The molecule has 7 nitrogen and oxygen atoms in total. The summed E-state index contributed by atoms with van der Waals surface area (Å²) in [6.07, 6.45) is 0.589. The Morgan fingerprint density at radius 2 is 2.14 bits per heavy atom. The summed E-state index contributed by atoms with van der Waals surface area (Å²) in [5.74, 6) is 1.39. The van der Waals surface area contributed by atoms with E-state index < -0.39 is 0 Å². The lowest BCUT2D eigenvalue weighted by molar-refractivity contribution is -0.144. The second-order valence-corrected chi connectivity index (χ2v) is 6.62. The fourth-order valence-electron chi connectivity index (χ4n) is 2.69. The van der Waals surface area contributed by atoms with Crippen molar-refractivity contribution in [3.63, 3.8) is 0 Å². The highest BCUT2D eigenvalue weighted by Crippen LogP contribution is 2.25. The first-order chi connectivity index (χ1) is 9.95. The number of esters is 1. The van der Waals surface area contributed by atoms with Crippen LogP contribution < -0.4 is 0 Å². The zero-order chi connectivity index (χ0) is 15.0. The van der Waals surface area contributed by atoms with Gasteiger partial charge in [-0.3, -0.25) is 14.8 Å². The molecule has 2 aliphatic heterocycles. The van der Waals surface area contributed by atoms with Gasteiger partial charge in [0.25, 0.3) is 0 Å². The van der Waals surface area contributed by atoms with Crippen LogP contribution in [0.4, 0.5) is 0 Å². The Labute approximate surface area is 124 Å². The number of carbonyl (C=O) groups excluding carboxylic acids is 1. The molecule has 0 spiro atoms. The minimum atomic E-state index is -0.171. The van der Waals surface area contributed by atoms with Crippen LogP contribution in [0.25, 0.3) is 0 Å². The molecule has 2 atom stereocenters. The number of nitrogens with one attached hydrogen (secondary N) is 1. The van der Waals surface area contributed by atoms with Gasteiger partial charge in [0.1, 0.15) is 12.1 Å². The quantitative estimate of drug-likeness (QED) is 0.812. The maximum Gasteiger partial charge on any atom is 0.323 e. The highest BCUT2D eigenvalue weighted by atomic mass is 16.5. The molecule has 1 aromatic heterocycles. The lowest BCUT2D eigenvalue weighted by atomic mass is 9.96. The predicted octanol–water partition coefficient (Wildman–Crippen LogP) is 0.791. The first-order valence-electron chi connectivity index (χ1n) is 7.40. The van der Waals surface area contributed by atoms with Gasteiger partial charge in [-0.15, -0.1) is 0 Å². The molecule has 1 N–H and O–H groups in total. The molecule has 0 bridgehead atoms. The van der Waals surface area contributed by atoms with Crippen molar-refractivity contribution >= 4 is 5.97 Å². The van der Waals surface area contributed by atoms with Gasteiger partial charge < -0.3 is 9.47 Å². The van der Waals surface area contributed by atoms with E-state index in [4.69, 9.17) is 9.47 Å². The van der Waals surface area contributed by atoms with E-state index in [9.17, 15) is 4.79 Å². The highest BCUT2D eigenvalue weighted by Gasteiger charge is 2.36. The number of aromatic amines is 1. The van der Waals surface area contributed by atoms with Gasteiger partial charge in [0.15, 0.2) is 11.6 Å². The predicted molar refractivity (Wildman–Crippen MR) is 74.7 cm³/mol. The number of aromatic nitrogens is 3. The Bertz CT molecular complexity index is 523. The van der Waals surface area contributed by atoms with Crippen molar-refractivity contribution in [3.05, 3.63) is 11.6 Å². The van der Waals surface area contributed by atoms with E-state index in [0.717, 1.165) is 24.6 Å². The van der Waals surface area contributed by atoms with E-state index in [1.807, 2.05) is 0 Å². The third-order valence-electron chi connectivity index (χ3n) is 3.92. The molecule has 2 fully saturated rings. The molecular formula is C14H22N4O3. The Balaban J connectivity index is 1.71. The SMILES string of the molecule is CC(C)(C)c1n[nH]c([C@H]2CN([C@@H]3CCOC3=O)CCO2)n1. The highest BCUT2D eigenvalue weighted by molar-refractivity contribution is 5.77. The molecule has 2 aliphatic rings. The Morgan fingerprint density at radius 3 is 2.76 bits per heavy atom. The lowest BCUT2D eigenvalue weighted by Crippen LogP contribution is -2.46. The molecule has 116 valence electrons.